The van der Waals surface area contributed by atoms with Crippen molar-refractivity contribution in [2.45, 2.75) is 6.54 Å². The van der Waals surface area contributed by atoms with Crippen LogP contribution in [0.3, 0.4) is 0 Å². The lowest BCUT2D eigenvalue weighted by Crippen LogP contribution is -2.40. The zero-order chi connectivity index (χ0) is 15.3. The van der Waals surface area contributed by atoms with Gasteiger partial charge in [0.1, 0.15) is 9.84 Å². The maximum absolute atomic E-state index is 11.1. The van der Waals surface area contributed by atoms with E-state index in [2.05, 4.69) is 10.3 Å². The van der Waals surface area contributed by atoms with E-state index in [9.17, 15) is 8.42 Å². The summed E-state index contributed by atoms with van der Waals surface area (Å²) in [6, 6.07) is 1.89. The summed E-state index contributed by atoms with van der Waals surface area (Å²) >= 11 is 5.94. The molecule has 6 nitrogen and oxygen atoms in total. The fourth-order valence-electron chi connectivity index (χ4n) is 1.77. The third-order valence-electron chi connectivity index (χ3n) is 2.80. The normalized spacial score (nSPS) is 12.6. The highest BCUT2D eigenvalue weighted by Gasteiger charge is 2.10. The summed E-state index contributed by atoms with van der Waals surface area (Å²) in [7, 11) is 2.50. The van der Waals surface area contributed by atoms with Crippen LogP contribution in [-0.2, 0) is 23.4 Å². The zero-order valence-corrected chi connectivity index (χ0v) is 13.8. The average molecular weight is 321 g/mol. The molecule has 114 valence electrons. The zero-order valence-electron chi connectivity index (χ0n) is 12.2. The molecule has 0 amide bonds. The molecule has 0 saturated heterocycles. The van der Waals surface area contributed by atoms with Gasteiger partial charge in [0.05, 0.1) is 17.3 Å². The standard InChI is InChI=1S/C12H21ClN4O2S/c1-14-12(15-5-6-20(4,18)19)17(3)9-11-7-10(13)8-16(11)2/h7-8H,5-6,9H2,1-4H3,(H,14,15). The number of nitrogens with one attached hydrogen (secondary N) is 1. The number of hydrogen-bond donors (Lipinski definition) is 1. The quantitative estimate of drug-likeness (QED) is 0.641. The summed E-state index contributed by atoms with van der Waals surface area (Å²) < 4.78 is 24.1. The molecule has 0 aromatic carbocycles. The van der Waals surface area contributed by atoms with Crippen molar-refractivity contribution in [2.24, 2.45) is 12.0 Å². The number of rotatable bonds is 5. The van der Waals surface area contributed by atoms with Crippen LogP contribution in [0.2, 0.25) is 5.02 Å². The molecule has 0 unspecified atom stereocenters. The topological polar surface area (TPSA) is 66.7 Å². The number of aromatic nitrogens is 1. The Morgan fingerprint density at radius 3 is 2.65 bits per heavy atom. The van der Waals surface area contributed by atoms with E-state index in [0.29, 0.717) is 24.1 Å². The van der Waals surface area contributed by atoms with Gasteiger partial charge in [0.25, 0.3) is 0 Å². The summed E-state index contributed by atoms with van der Waals surface area (Å²) in [5.41, 5.74) is 1.04. The lowest BCUT2D eigenvalue weighted by molar-refractivity contribution is 0.463. The van der Waals surface area contributed by atoms with Gasteiger partial charge >= 0.3 is 0 Å². The average Bonchev–Trinajstić information content (AvgIpc) is 2.62. The SMILES string of the molecule is CN=C(NCCS(C)(=O)=O)N(C)Cc1cc(Cl)cn1C. The van der Waals surface area contributed by atoms with Crippen LogP contribution in [0.4, 0.5) is 0 Å². The second-order valence-corrected chi connectivity index (χ2v) is 7.42. The molecule has 1 heterocycles. The van der Waals surface area contributed by atoms with Gasteiger partial charge < -0.3 is 14.8 Å². The number of halogens is 1. The Morgan fingerprint density at radius 2 is 2.20 bits per heavy atom. The third-order valence-corrected chi connectivity index (χ3v) is 3.96. The van der Waals surface area contributed by atoms with Gasteiger partial charge in [-0.2, -0.15) is 0 Å². The Labute approximate surface area is 125 Å². The molecule has 0 aliphatic heterocycles. The fourth-order valence-corrected chi connectivity index (χ4v) is 2.52. The van der Waals surface area contributed by atoms with Crippen LogP contribution in [0.15, 0.2) is 17.3 Å². The second-order valence-electron chi connectivity index (χ2n) is 4.72. The number of sulfone groups is 1. The smallest absolute Gasteiger partial charge is 0.193 e. The van der Waals surface area contributed by atoms with Gasteiger partial charge in [-0.3, -0.25) is 4.99 Å². The highest BCUT2D eigenvalue weighted by atomic mass is 35.5. The van der Waals surface area contributed by atoms with Gasteiger partial charge in [-0.25, -0.2) is 8.42 Å². The second kappa shape index (κ2) is 6.99. The van der Waals surface area contributed by atoms with Crippen LogP contribution in [0, 0.1) is 0 Å². The molecule has 8 heteroatoms. The molecule has 0 aliphatic rings. The molecule has 0 aliphatic carbocycles. The minimum Gasteiger partial charge on any atom is -0.355 e. The van der Waals surface area contributed by atoms with E-state index in [1.165, 1.54) is 6.26 Å². The summed E-state index contributed by atoms with van der Waals surface area (Å²) in [5.74, 6) is 0.724. The minimum absolute atomic E-state index is 0.0792. The largest absolute Gasteiger partial charge is 0.355 e. The number of nitrogens with zero attached hydrogens (tertiary/aromatic N) is 3. The van der Waals surface area contributed by atoms with Crippen molar-refractivity contribution in [3.63, 3.8) is 0 Å². The van der Waals surface area contributed by atoms with Crippen molar-refractivity contribution in [1.29, 1.82) is 0 Å². The first-order valence-corrected chi connectivity index (χ1v) is 8.57. The molecule has 20 heavy (non-hydrogen) atoms. The van der Waals surface area contributed by atoms with Crippen LogP contribution in [0.1, 0.15) is 5.69 Å². The number of hydrogen-bond acceptors (Lipinski definition) is 3. The van der Waals surface area contributed by atoms with Gasteiger partial charge in [0, 0.05) is 45.8 Å². The van der Waals surface area contributed by atoms with Gasteiger partial charge in [0.15, 0.2) is 5.96 Å². The molecule has 0 bridgehead atoms. The predicted molar refractivity (Wildman–Crippen MR) is 83.0 cm³/mol. The van der Waals surface area contributed by atoms with E-state index in [1.807, 2.05) is 35.8 Å². The first-order chi connectivity index (χ1) is 9.23. The van der Waals surface area contributed by atoms with Crippen molar-refractivity contribution in [3.05, 3.63) is 23.0 Å². The van der Waals surface area contributed by atoms with E-state index in [1.54, 1.807) is 7.05 Å². The molecule has 0 saturated carbocycles. The maximum atomic E-state index is 11.1. The Bertz CT molecular complexity index is 580. The summed E-state index contributed by atoms with van der Waals surface area (Å²) in [6.45, 7) is 0.964. The molecule has 0 spiro atoms. The van der Waals surface area contributed by atoms with Crippen molar-refractivity contribution in [1.82, 2.24) is 14.8 Å². The molecule has 1 rings (SSSR count). The van der Waals surface area contributed by atoms with Gasteiger partial charge in [-0.1, -0.05) is 11.6 Å². The minimum atomic E-state index is -2.97. The molecule has 1 aromatic rings. The fraction of sp³-hybridized carbons (Fsp3) is 0.583. The van der Waals surface area contributed by atoms with Gasteiger partial charge in [-0.05, 0) is 6.07 Å². The Kier molecular flexibility index (Phi) is 5.88. The molecular weight excluding hydrogens is 300 g/mol. The highest BCUT2D eigenvalue weighted by molar-refractivity contribution is 7.90. The number of aryl methyl sites for hydroxylation is 1. The lowest BCUT2D eigenvalue weighted by atomic mass is 10.4. The van der Waals surface area contributed by atoms with E-state index in [-0.39, 0.29) is 5.75 Å². The van der Waals surface area contributed by atoms with Gasteiger partial charge in [-0.15, -0.1) is 0 Å². The van der Waals surface area contributed by atoms with E-state index >= 15 is 0 Å². The molecular formula is C12H21ClN4O2S. The summed E-state index contributed by atoms with van der Waals surface area (Å²) in [4.78, 5) is 6.05. The summed E-state index contributed by atoms with van der Waals surface area (Å²) in [5, 5.41) is 3.72. The molecule has 1 aromatic heterocycles. The predicted octanol–water partition coefficient (Wildman–Crippen LogP) is 0.730. The first-order valence-electron chi connectivity index (χ1n) is 6.13. The monoisotopic (exact) mass is 320 g/mol. The van der Waals surface area contributed by atoms with Crippen LogP contribution >= 0.6 is 11.6 Å². The molecule has 0 atom stereocenters. The van der Waals surface area contributed by atoms with Crippen LogP contribution in [-0.4, -0.2) is 56.5 Å². The maximum Gasteiger partial charge on any atom is 0.193 e. The summed E-state index contributed by atoms with van der Waals surface area (Å²) in [6.07, 6.45) is 3.05. The van der Waals surface area contributed by atoms with Crippen molar-refractivity contribution in [2.75, 3.05) is 32.6 Å². The Morgan fingerprint density at radius 1 is 1.55 bits per heavy atom. The van der Waals surface area contributed by atoms with Crippen LogP contribution in [0.5, 0.6) is 0 Å². The molecule has 1 N–H and O–H groups in total. The van der Waals surface area contributed by atoms with Crippen molar-refractivity contribution in [3.8, 4) is 0 Å². The Balaban J connectivity index is 2.59. The van der Waals surface area contributed by atoms with Gasteiger partial charge in [0.2, 0.25) is 0 Å². The third kappa shape index (κ3) is 5.42. The molecule has 0 radical (unpaired) electrons. The number of aliphatic imine (C=N–C) groups is 1. The first kappa shape index (κ1) is 16.8. The van der Waals surface area contributed by atoms with Crippen molar-refractivity contribution < 1.29 is 8.42 Å². The number of guanidine groups is 1. The lowest BCUT2D eigenvalue weighted by Gasteiger charge is -2.22. The van der Waals surface area contributed by atoms with E-state index in [4.69, 9.17) is 11.6 Å². The van der Waals surface area contributed by atoms with Crippen molar-refractivity contribution >= 4 is 27.4 Å². The van der Waals surface area contributed by atoms with E-state index in [0.717, 1.165) is 5.69 Å². The van der Waals surface area contributed by atoms with Crippen LogP contribution < -0.4 is 5.32 Å². The Hall–Kier alpha value is -1.21. The van der Waals surface area contributed by atoms with E-state index < -0.39 is 9.84 Å². The van der Waals surface area contributed by atoms with Crippen LogP contribution in [0.25, 0.3) is 0 Å². The molecule has 0 fully saturated rings. The highest BCUT2D eigenvalue weighted by Crippen LogP contribution is 2.14.